The first-order valence-electron chi connectivity index (χ1n) is 12.5. The Labute approximate surface area is 221 Å². The fourth-order valence-corrected chi connectivity index (χ4v) is 4.62. The molecule has 1 aliphatic rings. The van der Waals surface area contributed by atoms with Crippen LogP contribution in [0, 0.1) is 6.92 Å². The molecule has 8 nitrogen and oxygen atoms in total. The van der Waals surface area contributed by atoms with Crippen LogP contribution in [0.25, 0.3) is 5.69 Å². The Morgan fingerprint density at radius 3 is 1.92 bits per heavy atom. The van der Waals surface area contributed by atoms with Crippen molar-refractivity contribution in [3.8, 4) is 5.69 Å². The molecule has 5 rings (SSSR count). The number of rotatable bonds is 6. The minimum absolute atomic E-state index is 0.0504. The Morgan fingerprint density at radius 1 is 0.763 bits per heavy atom. The van der Waals surface area contributed by atoms with Gasteiger partial charge >= 0.3 is 0 Å². The molecule has 8 heteroatoms. The summed E-state index contributed by atoms with van der Waals surface area (Å²) in [6, 6.07) is 26.2. The largest absolute Gasteiger partial charge is 0.297 e. The van der Waals surface area contributed by atoms with Crippen molar-refractivity contribution < 1.29 is 4.79 Å². The van der Waals surface area contributed by atoms with Crippen molar-refractivity contribution in [3.63, 3.8) is 0 Å². The second kappa shape index (κ2) is 10.4. The third-order valence-corrected chi connectivity index (χ3v) is 7.01. The molecule has 0 aliphatic carbocycles. The number of amides is 1. The SMILES string of the molecule is Cc1c(N=Cc2ccc(C=N[C@H]3C(=O)N(c4ccccc4)N(C)[C@H]3C)cc2)c(=O)n(-c2ccccc2)n1C. The van der Waals surface area contributed by atoms with Crippen molar-refractivity contribution >= 4 is 29.7 Å². The van der Waals surface area contributed by atoms with E-state index in [1.54, 1.807) is 22.1 Å². The van der Waals surface area contributed by atoms with Gasteiger partial charge < -0.3 is 0 Å². The molecule has 4 aromatic rings. The van der Waals surface area contributed by atoms with Crippen molar-refractivity contribution in [1.29, 1.82) is 0 Å². The highest BCUT2D eigenvalue weighted by Gasteiger charge is 2.42. The van der Waals surface area contributed by atoms with Crippen LogP contribution in [0.15, 0.2) is 99.7 Å². The van der Waals surface area contributed by atoms with Crippen molar-refractivity contribution in [1.82, 2.24) is 14.4 Å². The summed E-state index contributed by atoms with van der Waals surface area (Å²) < 4.78 is 3.43. The van der Waals surface area contributed by atoms with E-state index in [2.05, 4.69) is 9.98 Å². The fraction of sp³-hybridized carbons (Fsp3) is 0.200. The summed E-state index contributed by atoms with van der Waals surface area (Å²) in [7, 11) is 3.76. The molecule has 0 bridgehead atoms. The molecule has 0 unspecified atom stereocenters. The smallest absolute Gasteiger partial charge is 0.283 e. The highest BCUT2D eigenvalue weighted by molar-refractivity contribution is 6.00. The predicted molar refractivity (Wildman–Crippen MR) is 152 cm³/mol. The molecule has 0 radical (unpaired) electrons. The average molecular weight is 507 g/mol. The first-order valence-corrected chi connectivity index (χ1v) is 12.5. The third kappa shape index (κ3) is 4.62. The van der Waals surface area contributed by atoms with Crippen LogP contribution in [0.2, 0.25) is 0 Å². The van der Waals surface area contributed by atoms with Crippen molar-refractivity contribution in [3.05, 3.63) is 112 Å². The Bertz CT molecular complexity index is 1550. The van der Waals surface area contributed by atoms with Crippen LogP contribution in [-0.2, 0) is 11.8 Å². The molecule has 0 saturated carbocycles. The van der Waals surface area contributed by atoms with Crippen LogP contribution >= 0.6 is 0 Å². The number of carbonyl (C=O) groups excluding carboxylic acids is 1. The fourth-order valence-electron chi connectivity index (χ4n) is 4.62. The van der Waals surface area contributed by atoms with Gasteiger partial charge in [0.25, 0.3) is 11.5 Å². The number of para-hydroxylation sites is 2. The molecule has 192 valence electrons. The Morgan fingerprint density at radius 2 is 1.32 bits per heavy atom. The van der Waals surface area contributed by atoms with Crippen LogP contribution in [0.3, 0.4) is 0 Å². The first-order chi connectivity index (χ1) is 18.4. The molecule has 3 aromatic carbocycles. The monoisotopic (exact) mass is 506 g/mol. The Kier molecular flexibility index (Phi) is 6.89. The van der Waals surface area contributed by atoms with E-state index in [0.717, 1.165) is 28.2 Å². The van der Waals surface area contributed by atoms with Gasteiger partial charge in [-0.1, -0.05) is 60.7 Å². The molecule has 1 saturated heterocycles. The number of hydrogen-bond donors (Lipinski definition) is 0. The van der Waals surface area contributed by atoms with Crippen molar-refractivity contribution in [2.24, 2.45) is 17.0 Å². The molecule has 0 spiro atoms. The normalized spacial score (nSPS) is 18.3. The summed E-state index contributed by atoms with van der Waals surface area (Å²) in [6.07, 6.45) is 3.43. The number of benzene rings is 3. The van der Waals surface area contributed by atoms with Gasteiger partial charge in [0.05, 0.1) is 23.1 Å². The summed E-state index contributed by atoms with van der Waals surface area (Å²) >= 11 is 0. The zero-order chi connectivity index (χ0) is 26.8. The number of aliphatic imine (C=N–C) groups is 2. The quantitative estimate of drug-likeness (QED) is 0.366. The van der Waals surface area contributed by atoms with E-state index in [4.69, 9.17) is 0 Å². The molecule has 1 amide bonds. The Hall–Kier alpha value is -4.56. The van der Waals surface area contributed by atoms with E-state index in [0.29, 0.717) is 5.69 Å². The number of aromatic nitrogens is 2. The predicted octanol–water partition coefficient (Wildman–Crippen LogP) is 4.30. The summed E-state index contributed by atoms with van der Waals surface area (Å²) in [5.41, 5.74) is 4.38. The van der Waals surface area contributed by atoms with E-state index in [1.165, 1.54) is 0 Å². The molecule has 2 atom stereocenters. The van der Waals surface area contributed by atoms with Gasteiger partial charge in [-0.25, -0.2) is 19.7 Å². The first kappa shape index (κ1) is 25.1. The molecule has 2 heterocycles. The summed E-state index contributed by atoms with van der Waals surface area (Å²) in [5, 5.41) is 3.61. The molecule has 0 N–H and O–H groups in total. The second-order valence-corrected chi connectivity index (χ2v) is 9.36. The van der Waals surface area contributed by atoms with Crippen LogP contribution in [0.4, 0.5) is 11.4 Å². The van der Waals surface area contributed by atoms with Crippen LogP contribution in [0.5, 0.6) is 0 Å². The molecule has 1 aromatic heterocycles. The van der Waals surface area contributed by atoms with Gasteiger partial charge in [-0.15, -0.1) is 0 Å². The number of carbonyl (C=O) groups is 1. The maximum Gasteiger partial charge on any atom is 0.297 e. The van der Waals surface area contributed by atoms with E-state index < -0.39 is 6.04 Å². The van der Waals surface area contributed by atoms with Gasteiger partial charge in [-0.05, 0) is 49.2 Å². The summed E-state index contributed by atoms with van der Waals surface area (Å²) in [4.78, 5) is 35.3. The van der Waals surface area contributed by atoms with Gasteiger partial charge in [-0.2, -0.15) is 0 Å². The molecular formula is C30H30N6O2. The minimum Gasteiger partial charge on any atom is -0.283 e. The van der Waals surface area contributed by atoms with Crippen LogP contribution < -0.4 is 10.6 Å². The van der Waals surface area contributed by atoms with Crippen LogP contribution in [0.1, 0.15) is 23.7 Å². The minimum atomic E-state index is -0.491. The van der Waals surface area contributed by atoms with Gasteiger partial charge in [0.1, 0.15) is 6.04 Å². The highest BCUT2D eigenvalue weighted by atomic mass is 16.2. The third-order valence-electron chi connectivity index (χ3n) is 7.01. The lowest BCUT2D eigenvalue weighted by atomic mass is 10.1. The molecule has 1 fully saturated rings. The maximum atomic E-state index is 13.1. The van der Waals surface area contributed by atoms with Gasteiger partial charge in [-0.3, -0.25) is 19.3 Å². The van der Waals surface area contributed by atoms with E-state index >= 15 is 0 Å². The lowest BCUT2D eigenvalue weighted by Gasteiger charge is -2.26. The van der Waals surface area contributed by atoms with E-state index in [-0.39, 0.29) is 17.5 Å². The number of hydrogen-bond acceptors (Lipinski definition) is 5. The van der Waals surface area contributed by atoms with E-state index in [9.17, 15) is 9.59 Å². The number of nitrogens with zero attached hydrogens (tertiary/aromatic N) is 6. The summed E-state index contributed by atoms with van der Waals surface area (Å²) in [6.45, 7) is 3.88. The number of likely N-dealkylation sites (N-methyl/N-ethyl adjacent to an activating group) is 1. The van der Waals surface area contributed by atoms with Gasteiger partial charge in [0, 0.05) is 26.5 Å². The zero-order valence-electron chi connectivity index (χ0n) is 21.9. The van der Waals surface area contributed by atoms with E-state index in [1.807, 2.05) is 123 Å². The molecule has 38 heavy (non-hydrogen) atoms. The maximum absolute atomic E-state index is 13.1. The van der Waals surface area contributed by atoms with Gasteiger partial charge in [0.15, 0.2) is 5.69 Å². The summed E-state index contributed by atoms with van der Waals surface area (Å²) in [5.74, 6) is -0.0504. The zero-order valence-corrected chi connectivity index (χ0v) is 21.9. The number of anilines is 1. The topological polar surface area (TPSA) is 75.2 Å². The average Bonchev–Trinajstić information content (AvgIpc) is 3.29. The van der Waals surface area contributed by atoms with Gasteiger partial charge in [0.2, 0.25) is 0 Å². The Balaban J connectivity index is 1.31. The number of hydrazine groups is 1. The van der Waals surface area contributed by atoms with Crippen molar-refractivity contribution in [2.45, 2.75) is 25.9 Å². The standard InChI is InChI=1S/C30H30N6O2/c1-21-27(29(37)35(33(21)3)25-11-7-5-8-12-25)31-19-23-15-17-24(18-16-23)20-32-28-22(2)34(4)36(30(28)38)26-13-9-6-10-14-26/h5-21,27H,1-4H3/t21-,27+/m0/s1. The van der Waals surface area contributed by atoms with Crippen LogP contribution in [-0.4, -0.2) is 51.8 Å². The molecule has 1 aliphatic heterocycles. The van der Waals surface area contributed by atoms with Crippen molar-refractivity contribution in [2.75, 3.05) is 12.1 Å². The lowest BCUT2D eigenvalue weighted by Crippen LogP contribution is -2.38. The highest BCUT2D eigenvalue weighted by Crippen LogP contribution is 2.27. The lowest BCUT2D eigenvalue weighted by molar-refractivity contribution is -0.118. The second-order valence-electron chi connectivity index (χ2n) is 9.36. The molecular weight excluding hydrogens is 476 g/mol.